The number of morpholine rings is 1. The zero-order chi connectivity index (χ0) is 19.3. The van der Waals surface area contributed by atoms with Crippen LogP contribution in [-0.2, 0) is 14.8 Å². The largest absolute Gasteiger partial charge is 0.379 e. The lowest BCUT2D eigenvalue weighted by Gasteiger charge is -2.35. The van der Waals surface area contributed by atoms with Gasteiger partial charge >= 0.3 is 0 Å². The average molecular weight is 412 g/mol. The fraction of sp³-hybridized carbons (Fsp3) is 0.632. The first-order valence-electron chi connectivity index (χ1n) is 9.78. The van der Waals surface area contributed by atoms with Crippen LogP contribution in [0.15, 0.2) is 29.2 Å². The smallest absolute Gasteiger partial charge is 0.243 e. The van der Waals surface area contributed by atoms with E-state index in [0.29, 0.717) is 42.4 Å². The predicted octanol–water partition coefficient (Wildman–Crippen LogP) is 3.06. The van der Waals surface area contributed by atoms with Crippen molar-refractivity contribution in [3.63, 3.8) is 0 Å². The van der Waals surface area contributed by atoms with E-state index in [9.17, 15) is 8.42 Å². The van der Waals surface area contributed by atoms with Crippen molar-refractivity contribution in [3.05, 3.63) is 24.3 Å². The molecule has 1 N–H and O–H groups in total. The molecule has 3 rings (SSSR count). The van der Waals surface area contributed by atoms with Crippen LogP contribution in [0.25, 0.3) is 0 Å². The molecule has 2 aliphatic rings. The lowest BCUT2D eigenvalue weighted by atomic mass is 9.94. The van der Waals surface area contributed by atoms with Gasteiger partial charge in [0.25, 0.3) is 0 Å². The molecule has 0 radical (unpaired) electrons. The summed E-state index contributed by atoms with van der Waals surface area (Å²) >= 11 is 5.62. The fourth-order valence-corrected chi connectivity index (χ4v) is 5.61. The van der Waals surface area contributed by atoms with Gasteiger partial charge in [0.1, 0.15) is 0 Å². The number of nitrogens with one attached hydrogen (secondary N) is 1. The third kappa shape index (κ3) is 4.99. The second-order valence-corrected chi connectivity index (χ2v) is 9.37. The molecule has 150 valence electrons. The number of ether oxygens (including phenoxy) is 1. The van der Waals surface area contributed by atoms with Crippen LogP contribution in [0.5, 0.6) is 0 Å². The summed E-state index contributed by atoms with van der Waals surface area (Å²) in [6.07, 6.45) is 6.21. The Kier molecular flexibility index (Phi) is 7.08. The minimum Gasteiger partial charge on any atom is -0.379 e. The van der Waals surface area contributed by atoms with E-state index in [1.165, 1.54) is 36.4 Å². The molecule has 0 bridgehead atoms. The highest BCUT2D eigenvalue weighted by atomic mass is 32.2. The van der Waals surface area contributed by atoms with E-state index in [2.05, 4.69) is 17.1 Å². The molecule has 0 unspecified atom stereocenters. The molecule has 1 aliphatic heterocycles. The first kappa shape index (κ1) is 20.5. The summed E-state index contributed by atoms with van der Waals surface area (Å²) in [7, 11) is -3.46. The molecule has 1 aliphatic carbocycles. The van der Waals surface area contributed by atoms with E-state index in [0.717, 1.165) is 12.2 Å². The summed E-state index contributed by atoms with van der Waals surface area (Å²) in [6.45, 7) is 4.70. The highest BCUT2D eigenvalue weighted by Gasteiger charge is 2.26. The Balaban J connectivity index is 1.65. The van der Waals surface area contributed by atoms with Crippen LogP contribution >= 0.6 is 12.2 Å². The molecule has 0 amide bonds. The van der Waals surface area contributed by atoms with E-state index >= 15 is 0 Å². The topological polar surface area (TPSA) is 61.9 Å². The molecular formula is C19H29N3O3S2. The number of thiocarbonyl (C=S) groups is 1. The third-order valence-corrected chi connectivity index (χ3v) is 7.58. The van der Waals surface area contributed by atoms with Crippen LogP contribution in [0.3, 0.4) is 0 Å². The molecule has 1 aromatic carbocycles. The van der Waals surface area contributed by atoms with Crippen molar-refractivity contribution in [3.8, 4) is 0 Å². The van der Waals surface area contributed by atoms with Gasteiger partial charge in [-0.1, -0.05) is 19.3 Å². The van der Waals surface area contributed by atoms with Crippen LogP contribution in [0.2, 0.25) is 0 Å². The zero-order valence-corrected chi connectivity index (χ0v) is 17.5. The summed E-state index contributed by atoms with van der Waals surface area (Å²) in [5.41, 5.74) is 0.815. The summed E-state index contributed by atoms with van der Waals surface area (Å²) in [5, 5.41) is 3.99. The second kappa shape index (κ2) is 9.32. The lowest BCUT2D eigenvalue weighted by molar-refractivity contribution is 0.0730. The molecular weight excluding hydrogens is 382 g/mol. The van der Waals surface area contributed by atoms with Crippen LogP contribution in [-0.4, -0.2) is 61.6 Å². The number of benzene rings is 1. The normalized spacial score (nSPS) is 19.6. The Hall–Kier alpha value is -1.22. The molecule has 6 nitrogen and oxygen atoms in total. The van der Waals surface area contributed by atoms with Crippen molar-refractivity contribution in [2.24, 2.45) is 0 Å². The standard InChI is InChI=1S/C19H29N3O3S2/c1-2-22(17-6-4-3-5-7-17)19(26)20-16-8-10-18(11-9-16)27(23,24)21-12-14-25-15-13-21/h8-11,17H,2-7,12-15H2,1H3,(H,20,26). The van der Waals surface area contributed by atoms with Gasteiger partial charge in [-0.05, 0) is 56.2 Å². The molecule has 0 spiro atoms. The first-order chi connectivity index (χ1) is 13.0. The second-order valence-electron chi connectivity index (χ2n) is 7.05. The minimum atomic E-state index is -3.46. The van der Waals surface area contributed by atoms with E-state index in [1.807, 2.05) is 0 Å². The molecule has 27 heavy (non-hydrogen) atoms. The van der Waals surface area contributed by atoms with Gasteiger partial charge in [0.2, 0.25) is 10.0 Å². The maximum atomic E-state index is 12.7. The summed E-state index contributed by atoms with van der Waals surface area (Å²) < 4.78 is 32.1. The van der Waals surface area contributed by atoms with Gasteiger partial charge in [-0.15, -0.1) is 0 Å². The predicted molar refractivity (Wildman–Crippen MR) is 111 cm³/mol. The number of anilines is 1. The van der Waals surface area contributed by atoms with Crippen LogP contribution in [0.4, 0.5) is 5.69 Å². The molecule has 2 fully saturated rings. The van der Waals surface area contributed by atoms with Gasteiger partial charge in [0, 0.05) is 31.4 Å². The van der Waals surface area contributed by atoms with Crippen molar-refractivity contribution < 1.29 is 13.2 Å². The molecule has 0 atom stereocenters. The molecule has 8 heteroatoms. The summed E-state index contributed by atoms with van der Waals surface area (Å²) in [6, 6.07) is 7.37. The van der Waals surface area contributed by atoms with Crippen LogP contribution in [0.1, 0.15) is 39.0 Å². The van der Waals surface area contributed by atoms with Gasteiger partial charge in [-0.25, -0.2) is 8.42 Å². The van der Waals surface area contributed by atoms with E-state index < -0.39 is 10.0 Å². The van der Waals surface area contributed by atoms with Crippen molar-refractivity contribution in [2.45, 2.75) is 50.0 Å². The van der Waals surface area contributed by atoms with Crippen molar-refractivity contribution in [1.82, 2.24) is 9.21 Å². The van der Waals surface area contributed by atoms with E-state index in [4.69, 9.17) is 17.0 Å². The maximum Gasteiger partial charge on any atom is 0.243 e. The zero-order valence-electron chi connectivity index (χ0n) is 15.9. The SMILES string of the molecule is CCN(C(=S)Nc1ccc(S(=O)(=O)N2CCOCC2)cc1)C1CCCCC1. The van der Waals surface area contributed by atoms with Gasteiger partial charge in [0.05, 0.1) is 18.1 Å². The van der Waals surface area contributed by atoms with Gasteiger partial charge in [-0.2, -0.15) is 4.31 Å². The van der Waals surface area contributed by atoms with E-state index in [-0.39, 0.29) is 0 Å². The highest BCUT2D eigenvalue weighted by molar-refractivity contribution is 7.89. The van der Waals surface area contributed by atoms with Gasteiger partial charge in [-0.3, -0.25) is 0 Å². The average Bonchev–Trinajstić information content (AvgIpc) is 2.70. The van der Waals surface area contributed by atoms with Crippen molar-refractivity contribution in [1.29, 1.82) is 0 Å². The molecule has 1 heterocycles. The quantitative estimate of drug-likeness (QED) is 0.752. The first-order valence-corrected chi connectivity index (χ1v) is 11.6. The summed E-state index contributed by atoms with van der Waals surface area (Å²) in [5.74, 6) is 0. The van der Waals surface area contributed by atoms with Crippen molar-refractivity contribution >= 4 is 33.0 Å². The Morgan fingerprint density at radius 1 is 1.19 bits per heavy atom. The number of nitrogens with zero attached hydrogens (tertiary/aromatic N) is 2. The maximum absolute atomic E-state index is 12.7. The lowest BCUT2D eigenvalue weighted by Crippen LogP contribution is -2.43. The third-order valence-electron chi connectivity index (χ3n) is 5.33. The van der Waals surface area contributed by atoms with Crippen LogP contribution in [0, 0.1) is 0 Å². The Labute approximate surface area is 167 Å². The Bertz CT molecular complexity index is 725. The number of hydrogen-bond acceptors (Lipinski definition) is 4. The number of rotatable bonds is 5. The number of sulfonamides is 1. The van der Waals surface area contributed by atoms with E-state index in [1.54, 1.807) is 24.3 Å². The molecule has 1 saturated carbocycles. The minimum absolute atomic E-state index is 0.306. The monoisotopic (exact) mass is 411 g/mol. The van der Waals surface area contributed by atoms with Crippen molar-refractivity contribution in [2.75, 3.05) is 38.2 Å². The number of hydrogen-bond donors (Lipinski definition) is 1. The van der Waals surface area contributed by atoms with Crippen LogP contribution < -0.4 is 5.32 Å². The molecule has 0 aromatic heterocycles. The highest BCUT2D eigenvalue weighted by Crippen LogP contribution is 2.24. The molecule has 1 aromatic rings. The fourth-order valence-electron chi connectivity index (χ4n) is 3.80. The Morgan fingerprint density at radius 2 is 1.81 bits per heavy atom. The summed E-state index contributed by atoms with van der Waals surface area (Å²) in [4.78, 5) is 2.56. The Morgan fingerprint density at radius 3 is 2.41 bits per heavy atom. The molecule has 1 saturated heterocycles. The van der Waals surface area contributed by atoms with Gasteiger partial charge in [0.15, 0.2) is 5.11 Å². The van der Waals surface area contributed by atoms with Gasteiger partial charge < -0.3 is 15.0 Å².